The molecule has 0 saturated carbocycles. The van der Waals surface area contributed by atoms with E-state index in [-0.39, 0.29) is 11.9 Å². The molecule has 2 aromatic carbocycles. The van der Waals surface area contributed by atoms with E-state index in [9.17, 15) is 4.79 Å². The number of nitrogens with one attached hydrogen (secondary N) is 1. The lowest BCUT2D eigenvalue weighted by molar-refractivity contribution is 0.0684. The average Bonchev–Trinajstić information content (AvgIpc) is 2.72. The minimum Gasteiger partial charge on any atom is -0.331 e. The van der Waals surface area contributed by atoms with E-state index in [1.807, 2.05) is 68.1 Å². The van der Waals surface area contributed by atoms with Crippen LogP contribution in [0.3, 0.4) is 0 Å². The van der Waals surface area contributed by atoms with Gasteiger partial charge in [0.2, 0.25) is 5.95 Å². The van der Waals surface area contributed by atoms with Crippen LogP contribution < -0.4 is 5.32 Å². The number of rotatable bonds is 7. The Morgan fingerprint density at radius 3 is 2.31 bits per heavy atom. The van der Waals surface area contributed by atoms with Gasteiger partial charge < -0.3 is 10.2 Å². The van der Waals surface area contributed by atoms with E-state index in [2.05, 4.69) is 34.3 Å². The lowest BCUT2D eigenvalue weighted by Gasteiger charge is -2.26. The summed E-state index contributed by atoms with van der Waals surface area (Å²) in [5.74, 6) is 0.333. The van der Waals surface area contributed by atoms with Gasteiger partial charge in [0.1, 0.15) is 5.69 Å². The Balaban J connectivity index is 1.83. The molecule has 0 fully saturated rings. The lowest BCUT2D eigenvalue weighted by atomic mass is 10.1. The van der Waals surface area contributed by atoms with Gasteiger partial charge in [-0.15, -0.1) is 0 Å². The van der Waals surface area contributed by atoms with E-state index in [1.54, 1.807) is 6.07 Å². The van der Waals surface area contributed by atoms with Crippen molar-refractivity contribution in [1.82, 2.24) is 14.9 Å². The highest BCUT2D eigenvalue weighted by atomic mass is 16.2. The molecule has 29 heavy (non-hydrogen) atoms. The maximum absolute atomic E-state index is 13.2. The maximum atomic E-state index is 13.2. The van der Waals surface area contributed by atoms with Crippen molar-refractivity contribution in [2.45, 2.75) is 46.7 Å². The van der Waals surface area contributed by atoms with Crippen molar-refractivity contribution in [2.75, 3.05) is 5.32 Å². The number of anilines is 2. The van der Waals surface area contributed by atoms with E-state index >= 15 is 0 Å². The fourth-order valence-electron chi connectivity index (χ4n) is 3.10. The predicted molar refractivity (Wildman–Crippen MR) is 117 cm³/mol. The minimum atomic E-state index is -0.0984. The Bertz CT molecular complexity index is 952. The van der Waals surface area contributed by atoms with E-state index in [0.29, 0.717) is 18.2 Å². The van der Waals surface area contributed by atoms with Crippen molar-refractivity contribution in [3.63, 3.8) is 0 Å². The molecule has 0 aliphatic rings. The standard InChI is InChI=1S/C24H28N4O/c1-5-19-11-13-21(14-12-19)26-24-25-18(4)15-22(27-24)23(29)28(17(2)3)16-20-9-7-6-8-10-20/h6-15,17H,5,16H2,1-4H3,(H,25,26,27). The minimum absolute atomic E-state index is 0.0518. The normalized spacial score (nSPS) is 10.8. The first-order valence-corrected chi connectivity index (χ1v) is 10.0. The van der Waals surface area contributed by atoms with Crippen molar-refractivity contribution in [1.29, 1.82) is 0 Å². The molecule has 0 atom stereocenters. The molecular formula is C24H28N4O. The first kappa shape index (κ1) is 20.5. The first-order chi connectivity index (χ1) is 14.0. The number of amides is 1. The third-order valence-electron chi connectivity index (χ3n) is 4.77. The summed E-state index contributed by atoms with van der Waals surface area (Å²) < 4.78 is 0. The molecule has 5 heteroatoms. The largest absolute Gasteiger partial charge is 0.331 e. The number of hydrogen-bond donors (Lipinski definition) is 1. The Morgan fingerprint density at radius 1 is 1.00 bits per heavy atom. The zero-order valence-electron chi connectivity index (χ0n) is 17.5. The summed E-state index contributed by atoms with van der Waals surface area (Å²) in [5.41, 5.74) is 4.41. The van der Waals surface area contributed by atoms with Crippen molar-refractivity contribution in [3.05, 3.63) is 83.2 Å². The molecule has 1 heterocycles. The van der Waals surface area contributed by atoms with Crippen molar-refractivity contribution in [2.24, 2.45) is 0 Å². The molecule has 0 spiro atoms. The highest BCUT2D eigenvalue weighted by molar-refractivity contribution is 5.93. The number of aromatic nitrogens is 2. The molecule has 0 radical (unpaired) electrons. The van der Waals surface area contributed by atoms with Crippen LogP contribution in [0.2, 0.25) is 0 Å². The molecule has 1 N–H and O–H groups in total. The summed E-state index contributed by atoms with van der Waals surface area (Å²) in [5, 5.41) is 3.22. The fourth-order valence-corrected chi connectivity index (χ4v) is 3.10. The lowest BCUT2D eigenvalue weighted by Crippen LogP contribution is -2.37. The molecule has 0 saturated heterocycles. The number of carbonyl (C=O) groups excluding carboxylic acids is 1. The number of hydrogen-bond acceptors (Lipinski definition) is 4. The van der Waals surface area contributed by atoms with Crippen LogP contribution in [0.1, 0.15) is 48.1 Å². The zero-order valence-corrected chi connectivity index (χ0v) is 17.5. The Morgan fingerprint density at radius 2 is 1.69 bits per heavy atom. The zero-order chi connectivity index (χ0) is 20.8. The molecule has 0 aliphatic carbocycles. The summed E-state index contributed by atoms with van der Waals surface area (Å²) in [6.07, 6.45) is 0.992. The summed E-state index contributed by atoms with van der Waals surface area (Å²) in [6.45, 7) is 8.58. The van der Waals surface area contributed by atoms with Crippen LogP contribution in [-0.2, 0) is 13.0 Å². The SMILES string of the molecule is CCc1ccc(Nc2nc(C)cc(C(=O)N(Cc3ccccc3)C(C)C)n2)cc1. The predicted octanol–water partition coefficient (Wildman–Crippen LogP) is 5.14. The first-order valence-electron chi connectivity index (χ1n) is 10.0. The van der Waals surface area contributed by atoms with Crippen molar-refractivity contribution >= 4 is 17.5 Å². The molecule has 5 nitrogen and oxygen atoms in total. The monoisotopic (exact) mass is 388 g/mol. The molecule has 3 rings (SSSR count). The van der Waals surface area contributed by atoms with Gasteiger partial charge in [0.15, 0.2) is 0 Å². The van der Waals surface area contributed by atoms with Crippen molar-refractivity contribution < 1.29 is 4.79 Å². The van der Waals surface area contributed by atoms with E-state index < -0.39 is 0 Å². The van der Waals surface area contributed by atoms with Gasteiger partial charge in [-0.2, -0.15) is 0 Å². The molecule has 0 unspecified atom stereocenters. The Kier molecular flexibility index (Phi) is 6.60. The van der Waals surface area contributed by atoms with Gasteiger partial charge in [-0.1, -0.05) is 49.4 Å². The van der Waals surface area contributed by atoms with Crippen LogP contribution in [0.25, 0.3) is 0 Å². The smallest absolute Gasteiger partial charge is 0.273 e. The van der Waals surface area contributed by atoms with Gasteiger partial charge in [0, 0.05) is 24.0 Å². The van der Waals surface area contributed by atoms with E-state index in [0.717, 1.165) is 23.4 Å². The number of nitrogens with zero attached hydrogens (tertiary/aromatic N) is 3. The Labute approximate surface area is 172 Å². The van der Waals surface area contributed by atoms with Gasteiger partial charge >= 0.3 is 0 Å². The third-order valence-corrected chi connectivity index (χ3v) is 4.77. The van der Waals surface area contributed by atoms with Gasteiger partial charge in [0.25, 0.3) is 5.91 Å². The molecule has 150 valence electrons. The van der Waals surface area contributed by atoms with Gasteiger partial charge in [0.05, 0.1) is 0 Å². The average molecular weight is 389 g/mol. The number of carbonyl (C=O) groups is 1. The van der Waals surface area contributed by atoms with Crippen LogP contribution in [-0.4, -0.2) is 26.8 Å². The van der Waals surface area contributed by atoms with Gasteiger partial charge in [-0.05, 0) is 56.5 Å². The second kappa shape index (κ2) is 9.32. The quantitative estimate of drug-likeness (QED) is 0.609. The van der Waals surface area contributed by atoms with Crippen molar-refractivity contribution in [3.8, 4) is 0 Å². The third kappa shape index (κ3) is 5.41. The number of aryl methyl sites for hydroxylation is 2. The van der Waals surface area contributed by atoms with E-state index in [4.69, 9.17) is 0 Å². The second-order valence-corrected chi connectivity index (χ2v) is 7.41. The van der Waals surface area contributed by atoms with E-state index in [1.165, 1.54) is 5.56 Å². The molecule has 1 amide bonds. The van der Waals surface area contributed by atoms with Crippen LogP contribution in [0.5, 0.6) is 0 Å². The van der Waals surface area contributed by atoms with Gasteiger partial charge in [-0.3, -0.25) is 4.79 Å². The maximum Gasteiger partial charge on any atom is 0.273 e. The van der Waals surface area contributed by atoms with Crippen LogP contribution >= 0.6 is 0 Å². The topological polar surface area (TPSA) is 58.1 Å². The summed E-state index contributed by atoms with van der Waals surface area (Å²) in [6, 6.07) is 20.0. The highest BCUT2D eigenvalue weighted by Crippen LogP contribution is 2.18. The summed E-state index contributed by atoms with van der Waals surface area (Å²) in [7, 11) is 0. The fraction of sp³-hybridized carbons (Fsp3) is 0.292. The second-order valence-electron chi connectivity index (χ2n) is 7.41. The molecule has 3 aromatic rings. The molecular weight excluding hydrogens is 360 g/mol. The van der Waals surface area contributed by atoms with Crippen LogP contribution in [0.4, 0.5) is 11.6 Å². The van der Waals surface area contributed by atoms with Crippen LogP contribution in [0.15, 0.2) is 60.7 Å². The number of benzene rings is 2. The molecule has 1 aromatic heterocycles. The van der Waals surface area contributed by atoms with Crippen LogP contribution in [0, 0.1) is 6.92 Å². The summed E-state index contributed by atoms with van der Waals surface area (Å²) in [4.78, 5) is 24.0. The molecule has 0 bridgehead atoms. The summed E-state index contributed by atoms with van der Waals surface area (Å²) >= 11 is 0. The van der Waals surface area contributed by atoms with Gasteiger partial charge in [-0.25, -0.2) is 9.97 Å². The highest BCUT2D eigenvalue weighted by Gasteiger charge is 2.21. The Hall–Kier alpha value is -3.21. The molecule has 0 aliphatic heterocycles.